The second-order valence-electron chi connectivity index (χ2n) is 3.69. The van der Waals surface area contributed by atoms with E-state index in [2.05, 4.69) is 0 Å². The Bertz CT molecular complexity index is 662. The van der Waals surface area contributed by atoms with Crippen LogP contribution in [0.15, 0.2) is 39.7 Å². The lowest BCUT2D eigenvalue weighted by Crippen LogP contribution is -2.03. The summed E-state index contributed by atoms with van der Waals surface area (Å²) >= 11 is 0. The van der Waals surface area contributed by atoms with E-state index < -0.39 is 17.0 Å². The molecule has 0 aliphatic rings. The Morgan fingerprint density at radius 2 is 2.16 bits per heavy atom. The summed E-state index contributed by atoms with van der Waals surface area (Å²) in [6.07, 6.45) is 1.30. The van der Waals surface area contributed by atoms with Crippen LogP contribution in [0.5, 0.6) is 11.5 Å². The third-order valence-corrected chi connectivity index (χ3v) is 2.35. The average molecular weight is 264 g/mol. The number of aromatic hydroxyl groups is 1. The minimum absolute atomic E-state index is 0.0662. The first-order valence-corrected chi connectivity index (χ1v) is 5.28. The van der Waals surface area contributed by atoms with Crippen molar-refractivity contribution in [2.75, 3.05) is 0 Å². The van der Waals surface area contributed by atoms with Gasteiger partial charge in [-0.2, -0.15) is 0 Å². The highest BCUT2D eigenvalue weighted by molar-refractivity contribution is 5.75. The van der Waals surface area contributed by atoms with E-state index in [0.29, 0.717) is 6.29 Å². The first-order chi connectivity index (χ1) is 9.10. The molecule has 0 unspecified atom stereocenters. The molecule has 0 fully saturated rings. The van der Waals surface area contributed by atoms with Gasteiger partial charge in [-0.15, -0.1) is 0 Å². The van der Waals surface area contributed by atoms with Crippen LogP contribution in [-0.4, -0.2) is 11.4 Å². The van der Waals surface area contributed by atoms with Gasteiger partial charge in [0.15, 0.2) is 12.0 Å². The van der Waals surface area contributed by atoms with E-state index in [0.717, 1.165) is 18.4 Å². The molecule has 1 N–H and O–H groups in total. The molecule has 0 aliphatic carbocycles. The van der Waals surface area contributed by atoms with Crippen LogP contribution in [0.2, 0.25) is 0 Å². The van der Waals surface area contributed by atoms with E-state index in [1.807, 2.05) is 0 Å². The molecule has 6 heteroatoms. The highest BCUT2D eigenvalue weighted by Gasteiger charge is 2.05. The standard InChI is InChI=1S/C13H9FO5/c14-11-3-9(2-1-8(11)5-15)18-6-10-4-12(16)13(17)7-19-10/h1-5,7,17H,6H2. The summed E-state index contributed by atoms with van der Waals surface area (Å²) in [7, 11) is 0. The number of hydrogen-bond donors (Lipinski definition) is 1. The Balaban J connectivity index is 2.10. The van der Waals surface area contributed by atoms with Gasteiger partial charge in [-0.1, -0.05) is 0 Å². The van der Waals surface area contributed by atoms with Crippen molar-refractivity contribution < 1.29 is 23.4 Å². The molecule has 0 saturated carbocycles. The van der Waals surface area contributed by atoms with Gasteiger partial charge in [-0.25, -0.2) is 4.39 Å². The number of hydrogen-bond acceptors (Lipinski definition) is 5. The molecule has 1 aromatic carbocycles. The number of rotatable bonds is 4. The third-order valence-electron chi connectivity index (χ3n) is 2.35. The molecule has 2 aromatic rings. The number of carbonyl (C=O) groups is 1. The number of benzene rings is 1. The van der Waals surface area contributed by atoms with Crippen molar-refractivity contribution in [2.24, 2.45) is 0 Å². The quantitative estimate of drug-likeness (QED) is 0.853. The van der Waals surface area contributed by atoms with Crippen molar-refractivity contribution >= 4 is 6.29 Å². The largest absolute Gasteiger partial charge is 0.502 e. The van der Waals surface area contributed by atoms with E-state index in [1.165, 1.54) is 12.1 Å². The summed E-state index contributed by atoms with van der Waals surface area (Å²) in [5, 5.41) is 8.99. The van der Waals surface area contributed by atoms with Crippen LogP contribution in [0.4, 0.5) is 4.39 Å². The van der Waals surface area contributed by atoms with Gasteiger partial charge in [-0.05, 0) is 12.1 Å². The molecule has 0 amide bonds. The van der Waals surface area contributed by atoms with Gasteiger partial charge in [-0.3, -0.25) is 9.59 Å². The summed E-state index contributed by atoms with van der Waals surface area (Å²) in [6, 6.07) is 4.84. The van der Waals surface area contributed by atoms with Crippen LogP contribution in [0.25, 0.3) is 0 Å². The Morgan fingerprint density at radius 1 is 1.37 bits per heavy atom. The molecule has 0 atom stereocenters. The van der Waals surface area contributed by atoms with Gasteiger partial charge in [0.05, 0.1) is 5.56 Å². The normalized spacial score (nSPS) is 10.2. The van der Waals surface area contributed by atoms with Crippen LogP contribution in [0, 0.1) is 5.82 Å². The van der Waals surface area contributed by atoms with Gasteiger partial charge in [0.1, 0.15) is 30.2 Å². The summed E-state index contributed by atoms with van der Waals surface area (Å²) in [5.41, 5.74) is -0.657. The number of aldehydes is 1. The van der Waals surface area contributed by atoms with Gasteiger partial charge < -0.3 is 14.3 Å². The smallest absolute Gasteiger partial charge is 0.226 e. The Hall–Kier alpha value is -2.63. The van der Waals surface area contributed by atoms with Gasteiger partial charge in [0.25, 0.3) is 0 Å². The molecule has 98 valence electrons. The maximum Gasteiger partial charge on any atom is 0.226 e. The van der Waals surface area contributed by atoms with Crippen LogP contribution in [-0.2, 0) is 6.61 Å². The van der Waals surface area contributed by atoms with Crippen molar-refractivity contribution in [2.45, 2.75) is 6.61 Å². The van der Waals surface area contributed by atoms with Crippen molar-refractivity contribution in [1.82, 2.24) is 0 Å². The zero-order valence-electron chi connectivity index (χ0n) is 9.63. The molecule has 1 aromatic heterocycles. The molecular formula is C13H9FO5. The highest BCUT2D eigenvalue weighted by atomic mass is 19.1. The van der Waals surface area contributed by atoms with E-state index >= 15 is 0 Å². The van der Waals surface area contributed by atoms with Gasteiger partial charge >= 0.3 is 0 Å². The summed E-state index contributed by atoms with van der Waals surface area (Å²) in [4.78, 5) is 21.6. The van der Waals surface area contributed by atoms with Gasteiger partial charge in [0.2, 0.25) is 5.43 Å². The second kappa shape index (κ2) is 5.34. The molecule has 0 radical (unpaired) electrons. The summed E-state index contributed by atoms with van der Waals surface area (Å²) in [5.74, 6) is -0.814. The first-order valence-electron chi connectivity index (χ1n) is 5.28. The molecule has 19 heavy (non-hydrogen) atoms. The Labute approximate surface area is 106 Å². The third kappa shape index (κ3) is 2.98. The minimum Gasteiger partial charge on any atom is -0.502 e. The molecule has 5 nitrogen and oxygen atoms in total. The molecule has 0 saturated heterocycles. The Kier molecular flexibility index (Phi) is 3.61. The highest BCUT2D eigenvalue weighted by Crippen LogP contribution is 2.17. The van der Waals surface area contributed by atoms with Crippen molar-refractivity contribution in [1.29, 1.82) is 0 Å². The fraction of sp³-hybridized carbons (Fsp3) is 0.0769. The molecular weight excluding hydrogens is 255 g/mol. The summed E-state index contributed by atoms with van der Waals surface area (Å²) in [6.45, 7) is -0.102. The summed E-state index contributed by atoms with van der Waals surface area (Å²) < 4.78 is 23.4. The number of halogens is 1. The van der Waals surface area contributed by atoms with Crippen LogP contribution in [0.3, 0.4) is 0 Å². The predicted molar refractivity (Wildman–Crippen MR) is 62.8 cm³/mol. The van der Waals surface area contributed by atoms with Crippen LogP contribution < -0.4 is 10.2 Å². The fourth-order valence-corrected chi connectivity index (χ4v) is 1.37. The fourth-order valence-electron chi connectivity index (χ4n) is 1.37. The second-order valence-corrected chi connectivity index (χ2v) is 3.69. The average Bonchev–Trinajstić information content (AvgIpc) is 2.40. The molecule has 0 bridgehead atoms. The molecule has 0 aliphatic heterocycles. The monoisotopic (exact) mass is 264 g/mol. The lowest BCUT2D eigenvalue weighted by molar-refractivity contribution is 0.111. The van der Waals surface area contributed by atoms with Crippen molar-refractivity contribution in [3.8, 4) is 11.5 Å². The van der Waals surface area contributed by atoms with Crippen LogP contribution in [0.1, 0.15) is 16.1 Å². The van der Waals surface area contributed by atoms with E-state index in [9.17, 15) is 14.0 Å². The lowest BCUT2D eigenvalue weighted by atomic mass is 10.2. The van der Waals surface area contributed by atoms with Crippen molar-refractivity contribution in [3.63, 3.8) is 0 Å². The number of ether oxygens (including phenoxy) is 1. The zero-order chi connectivity index (χ0) is 13.8. The molecule has 1 heterocycles. The van der Waals surface area contributed by atoms with Gasteiger partial charge in [0, 0.05) is 12.1 Å². The number of carbonyl (C=O) groups excluding carboxylic acids is 1. The van der Waals surface area contributed by atoms with E-state index in [-0.39, 0.29) is 23.7 Å². The molecule has 0 spiro atoms. The van der Waals surface area contributed by atoms with Crippen molar-refractivity contribution in [3.05, 3.63) is 57.9 Å². The van der Waals surface area contributed by atoms with E-state index in [1.54, 1.807) is 0 Å². The maximum atomic E-state index is 13.3. The SMILES string of the molecule is O=Cc1ccc(OCc2cc(=O)c(O)co2)cc1F. The minimum atomic E-state index is -0.695. The lowest BCUT2D eigenvalue weighted by Gasteiger charge is -2.06. The maximum absolute atomic E-state index is 13.3. The molecule has 2 rings (SSSR count). The van der Waals surface area contributed by atoms with E-state index in [4.69, 9.17) is 14.3 Å². The predicted octanol–water partition coefficient (Wildman–Crippen LogP) is 1.88. The topological polar surface area (TPSA) is 76.7 Å². The first kappa shape index (κ1) is 12.8. The Morgan fingerprint density at radius 3 is 2.79 bits per heavy atom. The van der Waals surface area contributed by atoms with Crippen LogP contribution >= 0.6 is 0 Å². The zero-order valence-corrected chi connectivity index (χ0v) is 9.63.